The SMILES string of the molecule is COc1cc(CO)ccc1OC(C)c1ccc(C(=O)O)o1. The standard InChI is InChI=1S/C15H16O6/c1-9(11-5-6-13(21-11)15(17)18)20-12-4-3-10(8-16)7-14(12)19-2/h3-7,9,16H,8H2,1-2H3,(H,17,18). The van der Waals surface area contributed by atoms with Crippen LogP contribution in [-0.4, -0.2) is 23.3 Å². The minimum absolute atomic E-state index is 0.0909. The van der Waals surface area contributed by atoms with Crippen molar-refractivity contribution in [2.75, 3.05) is 7.11 Å². The van der Waals surface area contributed by atoms with Crippen molar-refractivity contribution >= 4 is 5.97 Å². The van der Waals surface area contributed by atoms with Crippen LogP contribution >= 0.6 is 0 Å². The second-order valence-corrected chi connectivity index (χ2v) is 4.41. The number of carbonyl (C=O) groups is 1. The molecule has 0 saturated heterocycles. The number of aliphatic hydroxyl groups excluding tert-OH is 1. The Morgan fingerprint density at radius 2 is 2.05 bits per heavy atom. The van der Waals surface area contributed by atoms with Crippen LogP contribution in [0.1, 0.15) is 34.9 Å². The summed E-state index contributed by atoms with van der Waals surface area (Å²) in [6, 6.07) is 8.01. The number of ether oxygens (including phenoxy) is 2. The van der Waals surface area contributed by atoms with Gasteiger partial charge in [-0.2, -0.15) is 0 Å². The molecule has 2 N–H and O–H groups in total. The van der Waals surface area contributed by atoms with Crippen molar-refractivity contribution in [3.63, 3.8) is 0 Å². The van der Waals surface area contributed by atoms with Crippen LogP contribution in [-0.2, 0) is 6.61 Å². The van der Waals surface area contributed by atoms with Crippen LogP contribution in [0.3, 0.4) is 0 Å². The number of methoxy groups -OCH3 is 1. The monoisotopic (exact) mass is 292 g/mol. The molecule has 1 unspecified atom stereocenters. The third-order valence-electron chi connectivity index (χ3n) is 2.95. The van der Waals surface area contributed by atoms with E-state index in [0.717, 1.165) is 0 Å². The molecule has 6 heteroatoms. The van der Waals surface area contributed by atoms with Gasteiger partial charge < -0.3 is 24.1 Å². The smallest absolute Gasteiger partial charge is 0.371 e. The highest BCUT2D eigenvalue weighted by Crippen LogP contribution is 2.32. The maximum Gasteiger partial charge on any atom is 0.371 e. The largest absolute Gasteiger partial charge is 0.493 e. The molecule has 0 aliphatic carbocycles. The number of furan rings is 1. The van der Waals surface area contributed by atoms with Gasteiger partial charge in [-0.15, -0.1) is 0 Å². The molecule has 6 nitrogen and oxygen atoms in total. The van der Waals surface area contributed by atoms with Crippen molar-refractivity contribution < 1.29 is 28.9 Å². The van der Waals surface area contributed by atoms with E-state index in [0.29, 0.717) is 22.8 Å². The minimum atomic E-state index is -1.13. The third-order valence-corrected chi connectivity index (χ3v) is 2.95. The minimum Gasteiger partial charge on any atom is -0.493 e. The van der Waals surface area contributed by atoms with Crippen molar-refractivity contribution in [3.05, 3.63) is 47.4 Å². The van der Waals surface area contributed by atoms with Crippen LogP contribution in [0, 0.1) is 0 Å². The van der Waals surface area contributed by atoms with Crippen LogP contribution in [0.2, 0.25) is 0 Å². The van der Waals surface area contributed by atoms with E-state index in [1.54, 1.807) is 31.2 Å². The average molecular weight is 292 g/mol. The molecule has 2 aromatic rings. The lowest BCUT2D eigenvalue weighted by atomic mass is 10.2. The topological polar surface area (TPSA) is 89.1 Å². The van der Waals surface area contributed by atoms with E-state index in [1.807, 2.05) is 0 Å². The van der Waals surface area contributed by atoms with Gasteiger partial charge in [0.05, 0.1) is 13.7 Å². The molecule has 1 aromatic carbocycles. The highest BCUT2D eigenvalue weighted by atomic mass is 16.5. The van der Waals surface area contributed by atoms with Crippen LogP contribution in [0.25, 0.3) is 0 Å². The van der Waals surface area contributed by atoms with E-state index >= 15 is 0 Å². The first-order valence-electron chi connectivity index (χ1n) is 6.32. The Morgan fingerprint density at radius 1 is 1.29 bits per heavy atom. The molecule has 21 heavy (non-hydrogen) atoms. The van der Waals surface area contributed by atoms with E-state index < -0.39 is 12.1 Å². The number of aliphatic hydroxyl groups is 1. The van der Waals surface area contributed by atoms with Crippen LogP contribution in [0.4, 0.5) is 0 Å². The van der Waals surface area contributed by atoms with Gasteiger partial charge in [0.15, 0.2) is 17.6 Å². The van der Waals surface area contributed by atoms with Gasteiger partial charge in [-0.3, -0.25) is 0 Å². The van der Waals surface area contributed by atoms with Gasteiger partial charge in [0.1, 0.15) is 5.76 Å². The number of hydrogen-bond donors (Lipinski definition) is 2. The highest BCUT2D eigenvalue weighted by Gasteiger charge is 2.17. The van der Waals surface area contributed by atoms with E-state index in [4.69, 9.17) is 24.1 Å². The van der Waals surface area contributed by atoms with E-state index in [2.05, 4.69) is 0 Å². The molecule has 1 atom stereocenters. The fraction of sp³-hybridized carbons (Fsp3) is 0.267. The molecule has 0 fully saturated rings. The normalized spacial score (nSPS) is 12.0. The van der Waals surface area contributed by atoms with Gasteiger partial charge in [0, 0.05) is 0 Å². The first-order valence-corrected chi connectivity index (χ1v) is 6.32. The van der Waals surface area contributed by atoms with Gasteiger partial charge in [-0.05, 0) is 36.8 Å². The lowest BCUT2D eigenvalue weighted by Crippen LogP contribution is -2.04. The van der Waals surface area contributed by atoms with E-state index in [-0.39, 0.29) is 12.4 Å². The molecular weight excluding hydrogens is 276 g/mol. The first kappa shape index (κ1) is 14.9. The molecule has 0 saturated carbocycles. The summed E-state index contributed by atoms with van der Waals surface area (Å²) in [5, 5.41) is 17.9. The molecule has 0 radical (unpaired) electrons. The number of benzene rings is 1. The van der Waals surface area contributed by atoms with Gasteiger partial charge in [0.2, 0.25) is 5.76 Å². The van der Waals surface area contributed by atoms with Gasteiger partial charge in [0.25, 0.3) is 0 Å². The van der Waals surface area contributed by atoms with Crippen molar-refractivity contribution in [1.82, 2.24) is 0 Å². The fourth-order valence-corrected chi connectivity index (χ4v) is 1.84. The number of hydrogen-bond acceptors (Lipinski definition) is 5. The zero-order valence-electron chi connectivity index (χ0n) is 11.7. The number of carboxylic acids is 1. The lowest BCUT2D eigenvalue weighted by molar-refractivity contribution is 0.0655. The Labute approximate surface area is 121 Å². The zero-order chi connectivity index (χ0) is 15.4. The molecule has 2 rings (SSSR count). The summed E-state index contributed by atoms with van der Waals surface area (Å²) in [6.45, 7) is 1.65. The Balaban J connectivity index is 2.18. The zero-order valence-corrected chi connectivity index (χ0v) is 11.7. The molecule has 0 aliphatic rings. The lowest BCUT2D eigenvalue weighted by Gasteiger charge is -2.15. The van der Waals surface area contributed by atoms with Gasteiger partial charge >= 0.3 is 5.97 Å². The average Bonchev–Trinajstić information content (AvgIpc) is 2.97. The second kappa shape index (κ2) is 6.32. The maximum atomic E-state index is 10.8. The molecule has 0 spiro atoms. The van der Waals surface area contributed by atoms with Crippen LogP contribution < -0.4 is 9.47 Å². The Hall–Kier alpha value is -2.47. The predicted octanol–water partition coefficient (Wildman–Crippen LogP) is 2.62. The quantitative estimate of drug-likeness (QED) is 0.850. The number of rotatable bonds is 6. The molecule has 1 aromatic heterocycles. The molecule has 0 bridgehead atoms. The van der Waals surface area contributed by atoms with Crippen molar-refractivity contribution in [1.29, 1.82) is 0 Å². The first-order chi connectivity index (χ1) is 10.0. The Morgan fingerprint density at radius 3 is 2.62 bits per heavy atom. The predicted molar refractivity (Wildman–Crippen MR) is 73.6 cm³/mol. The molecule has 0 amide bonds. The molecular formula is C15H16O6. The molecule has 1 heterocycles. The Bertz CT molecular complexity index is 631. The summed E-state index contributed by atoms with van der Waals surface area (Å²) in [6.07, 6.45) is -0.480. The summed E-state index contributed by atoms with van der Waals surface area (Å²) >= 11 is 0. The summed E-state index contributed by atoms with van der Waals surface area (Å²) < 4.78 is 16.1. The summed E-state index contributed by atoms with van der Waals surface area (Å²) in [4.78, 5) is 10.8. The van der Waals surface area contributed by atoms with Crippen LogP contribution in [0.5, 0.6) is 11.5 Å². The van der Waals surface area contributed by atoms with Crippen molar-refractivity contribution in [3.8, 4) is 11.5 Å². The number of aromatic carboxylic acids is 1. The summed E-state index contributed by atoms with van der Waals surface area (Å²) in [7, 11) is 1.50. The van der Waals surface area contributed by atoms with Crippen LogP contribution in [0.15, 0.2) is 34.7 Å². The van der Waals surface area contributed by atoms with E-state index in [1.165, 1.54) is 13.2 Å². The highest BCUT2D eigenvalue weighted by molar-refractivity contribution is 5.84. The third kappa shape index (κ3) is 3.35. The maximum absolute atomic E-state index is 10.8. The van der Waals surface area contributed by atoms with Gasteiger partial charge in [-0.25, -0.2) is 4.79 Å². The van der Waals surface area contributed by atoms with Gasteiger partial charge in [-0.1, -0.05) is 6.07 Å². The molecule has 112 valence electrons. The second-order valence-electron chi connectivity index (χ2n) is 4.41. The molecule has 0 aliphatic heterocycles. The number of carboxylic acid groups (broad SMARTS) is 1. The summed E-state index contributed by atoms with van der Waals surface area (Å²) in [5.74, 6) is 0.107. The summed E-state index contributed by atoms with van der Waals surface area (Å²) in [5.41, 5.74) is 0.706. The van der Waals surface area contributed by atoms with E-state index in [9.17, 15) is 4.79 Å². The van der Waals surface area contributed by atoms with Crippen molar-refractivity contribution in [2.24, 2.45) is 0 Å². The fourth-order valence-electron chi connectivity index (χ4n) is 1.84. The van der Waals surface area contributed by atoms with Crippen molar-refractivity contribution in [2.45, 2.75) is 19.6 Å². The Kier molecular flexibility index (Phi) is 4.49.